The van der Waals surface area contributed by atoms with Crippen molar-refractivity contribution >= 4 is 5.91 Å². The van der Waals surface area contributed by atoms with E-state index in [9.17, 15) is 18.0 Å². The van der Waals surface area contributed by atoms with Crippen LogP contribution >= 0.6 is 0 Å². The van der Waals surface area contributed by atoms with Crippen molar-refractivity contribution in [2.45, 2.75) is 19.5 Å². The van der Waals surface area contributed by atoms with Crippen LogP contribution < -0.4 is 10.6 Å². The van der Waals surface area contributed by atoms with Crippen molar-refractivity contribution in [1.29, 1.82) is 0 Å². The highest BCUT2D eigenvalue weighted by Gasteiger charge is 2.27. The lowest BCUT2D eigenvalue weighted by Gasteiger charge is -2.08. The van der Waals surface area contributed by atoms with Crippen molar-refractivity contribution in [3.63, 3.8) is 0 Å². The lowest BCUT2D eigenvalue weighted by molar-refractivity contribution is -0.173. The van der Waals surface area contributed by atoms with Crippen LogP contribution in [0.5, 0.6) is 0 Å². The first-order valence-corrected chi connectivity index (χ1v) is 5.07. The highest BCUT2D eigenvalue weighted by Crippen LogP contribution is 2.13. The minimum absolute atomic E-state index is 0.0860. The second-order valence-corrected chi connectivity index (χ2v) is 3.19. The molecule has 0 bridgehead atoms. The van der Waals surface area contributed by atoms with Crippen LogP contribution in [-0.2, 0) is 9.53 Å². The molecule has 0 aliphatic carbocycles. The summed E-state index contributed by atoms with van der Waals surface area (Å²) in [6.07, 6.45) is -3.39. The number of halogens is 3. The van der Waals surface area contributed by atoms with Gasteiger partial charge in [0, 0.05) is 6.54 Å². The Balaban J connectivity index is 3.28. The van der Waals surface area contributed by atoms with Crippen LogP contribution in [0.3, 0.4) is 0 Å². The minimum Gasteiger partial charge on any atom is -0.370 e. The molecule has 0 saturated heterocycles. The molecule has 0 radical (unpaired) electrons. The van der Waals surface area contributed by atoms with Crippen molar-refractivity contribution in [2.75, 3.05) is 32.8 Å². The summed E-state index contributed by atoms with van der Waals surface area (Å²) in [5.74, 6) is -0.246. The molecule has 0 aromatic rings. The molecule has 0 fully saturated rings. The summed E-state index contributed by atoms with van der Waals surface area (Å²) in [5.41, 5.74) is 0. The number of ether oxygens (including phenoxy) is 1. The van der Waals surface area contributed by atoms with Crippen molar-refractivity contribution < 1.29 is 22.7 Å². The van der Waals surface area contributed by atoms with Gasteiger partial charge < -0.3 is 15.4 Å². The Morgan fingerprint density at radius 2 is 2.00 bits per heavy atom. The van der Waals surface area contributed by atoms with Gasteiger partial charge in [0.25, 0.3) is 0 Å². The predicted molar refractivity (Wildman–Crippen MR) is 53.0 cm³/mol. The van der Waals surface area contributed by atoms with Crippen LogP contribution in [0.2, 0.25) is 0 Å². The molecule has 96 valence electrons. The van der Waals surface area contributed by atoms with Gasteiger partial charge in [-0.2, -0.15) is 13.2 Å². The third-order valence-corrected chi connectivity index (χ3v) is 1.55. The van der Waals surface area contributed by atoms with E-state index in [1.54, 1.807) is 0 Å². The first-order valence-electron chi connectivity index (χ1n) is 5.07. The number of rotatable bonds is 8. The van der Waals surface area contributed by atoms with Gasteiger partial charge in [-0.25, -0.2) is 0 Å². The molecule has 0 saturated carbocycles. The molecule has 7 heteroatoms. The van der Waals surface area contributed by atoms with E-state index in [-0.39, 0.29) is 25.6 Å². The van der Waals surface area contributed by atoms with Crippen molar-refractivity contribution in [3.05, 3.63) is 0 Å². The van der Waals surface area contributed by atoms with Gasteiger partial charge in [-0.1, -0.05) is 6.92 Å². The van der Waals surface area contributed by atoms with Crippen LogP contribution in [0.1, 0.15) is 13.3 Å². The standard InChI is InChI=1S/C9H17F3N2O2/c1-2-3-13-6-8(15)14-4-5-16-7-9(10,11)12/h13H,2-7H2,1H3,(H,14,15). The number of nitrogens with one attached hydrogen (secondary N) is 2. The van der Waals surface area contributed by atoms with Crippen molar-refractivity contribution in [3.8, 4) is 0 Å². The Morgan fingerprint density at radius 1 is 1.31 bits per heavy atom. The zero-order valence-electron chi connectivity index (χ0n) is 9.19. The fraction of sp³-hybridized carbons (Fsp3) is 0.889. The molecule has 16 heavy (non-hydrogen) atoms. The summed E-state index contributed by atoms with van der Waals surface area (Å²) >= 11 is 0. The summed E-state index contributed by atoms with van der Waals surface area (Å²) in [6.45, 7) is 1.54. The molecule has 0 aliphatic heterocycles. The summed E-state index contributed by atoms with van der Waals surface area (Å²) < 4.78 is 39.2. The lowest BCUT2D eigenvalue weighted by Crippen LogP contribution is -2.36. The monoisotopic (exact) mass is 242 g/mol. The predicted octanol–water partition coefficient (Wildman–Crippen LogP) is 0.681. The first-order chi connectivity index (χ1) is 7.45. The molecule has 0 atom stereocenters. The normalized spacial score (nSPS) is 11.5. The molecule has 0 aromatic heterocycles. The van der Waals surface area contributed by atoms with E-state index in [2.05, 4.69) is 15.4 Å². The summed E-state index contributed by atoms with van der Waals surface area (Å²) in [6, 6.07) is 0. The Hall–Kier alpha value is -0.820. The van der Waals surface area contributed by atoms with Gasteiger partial charge in [-0.3, -0.25) is 4.79 Å². The zero-order valence-corrected chi connectivity index (χ0v) is 9.19. The van der Waals surface area contributed by atoms with Gasteiger partial charge in [-0.15, -0.1) is 0 Å². The van der Waals surface area contributed by atoms with Gasteiger partial charge >= 0.3 is 6.18 Å². The molecule has 4 nitrogen and oxygen atoms in total. The van der Waals surface area contributed by atoms with Crippen LogP contribution in [-0.4, -0.2) is 44.9 Å². The Bertz CT molecular complexity index is 198. The molecule has 0 unspecified atom stereocenters. The van der Waals surface area contributed by atoms with Gasteiger partial charge in [0.1, 0.15) is 6.61 Å². The topological polar surface area (TPSA) is 50.4 Å². The van der Waals surface area contributed by atoms with E-state index in [1.165, 1.54) is 0 Å². The molecular formula is C9H17F3N2O2. The van der Waals surface area contributed by atoms with Crippen molar-refractivity contribution in [2.24, 2.45) is 0 Å². The third kappa shape index (κ3) is 11.3. The lowest BCUT2D eigenvalue weighted by atomic mass is 10.4. The highest BCUT2D eigenvalue weighted by atomic mass is 19.4. The van der Waals surface area contributed by atoms with Crippen LogP contribution in [0.15, 0.2) is 0 Å². The number of amides is 1. The van der Waals surface area contributed by atoms with E-state index in [4.69, 9.17) is 0 Å². The summed E-state index contributed by atoms with van der Waals surface area (Å²) in [4.78, 5) is 11.0. The Morgan fingerprint density at radius 3 is 2.56 bits per heavy atom. The second-order valence-electron chi connectivity index (χ2n) is 3.19. The zero-order chi connectivity index (χ0) is 12.4. The van der Waals surface area contributed by atoms with Gasteiger partial charge in [0.05, 0.1) is 13.2 Å². The molecule has 0 rings (SSSR count). The van der Waals surface area contributed by atoms with Crippen LogP contribution in [0.25, 0.3) is 0 Å². The van der Waals surface area contributed by atoms with E-state index in [1.807, 2.05) is 6.92 Å². The summed E-state index contributed by atoms with van der Waals surface area (Å²) in [5, 5.41) is 5.30. The number of hydrogen-bond acceptors (Lipinski definition) is 3. The minimum atomic E-state index is -4.31. The SMILES string of the molecule is CCCNCC(=O)NCCOCC(F)(F)F. The smallest absolute Gasteiger partial charge is 0.370 e. The maximum atomic E-state index is 11.6. The molecule has 1 amide bonds. The molecular weight excluding hydrogens is 225 g/mol. The van der Waals surface area contributed by atoms with Gasteiger partial charge in [0.2, 0.25) is 5.91 Å². The molecule has 0 heterocycles. The molecule has 0 spiro atoms. The van der Waals surface area contributed by atoms with Crippen LogP contribution in [0, 0.1) is 0 Å². The number of hydrogen-bond donors (Lipinski definition) is 2. The fourth-order valence-corrected chi connectivity index (χ4v) is 0.892. The highest BCUT2D eigenvalue weighted by molar-refractivity contribution is 5.77. The largest absolute Gasteiger partial charge is 0.411 e. The average molecular weight is 242 g/mol. The van der Waals surface area contributed by atoms with Crippen LogP contribution in [0.4, 0.5) is 13.2 Å². The second kappa shape index (κ2) is 8.35. The van der Waals surface area contributed by atoms with Gasteiger partial charge in [0.15, 0.2) is 0 Å². The molecule has 0 aliphatic rings. The van der Waals surface area contributed by atoms with E-state index >= 15 is 0 Å². The maximum Gasteiger partial charge on any atom is 0.411 e. The van der Waals surface area contributed by atoms with E-state index in [0.29, 0.717) is 0 Å². The molecule has 0 aromatic carbocycles. The van der Waals surface area contributed by atoms with Crippen molar-refractivity contribution in [1.82, 2.24) is 10.6 Å². The Kier molecular flexibility index (Phi) is 7.92. The molecule has 2 N–H and O–H groups in total. The van der Waals surface area contributed by atoms with E-state index < -0.39 is 12.8 Å². The number of carbonyl (C=O) groups is 1. The first kappa shape index (κ1) is 15.2. The van der Waals surface area contributed by atoms with E-state index in [0.717, 1.165) is 13.0 Å². The quantitative estimate of drug-likeness (QED) is 0.615. The van der Waals surface area contributed by atoms with Gasteiger partial charge in [-0.05, 0) is 13.0 Å². The number of alkyl halides is 3. The Labute approximate surface area is 92.5 Å². The summed E-state index contributed by atoms with van der Waals surface area (Å²) in [7, 11) is 0. The maximum absolute atomic E-state index is 11.6. The third-order valence-electron chi connectivity index (χ3n) is 1.55. The number of carbonyl (C=O) groups excluding carboxylic acids is 1. The fourth-order valence-electron chi connectivity index (χ4n) is 0.892. The average Bonchev–Trinajstić information content (AvgIpc) is 2.16.